The molecule has 29 heavy (non-hydrogen) atoms. The molecule has 0 radical (unpaired) electrons. The maximum Gasteiger partial charge on any atom is 0.295 e. The van der Waals surface area contributed by atoms with Crippen LogP contribution in [0.4, 0.5) is 0 Å². The van der Waals surface area contributed by atoms with Gasteiger partial charge in [0.25, 0.3) is 11.7 Å². The predicted octanol–water partition coefficient (Wildman–Crippen LogP) is 3.75. The summed E-state index contributed by atoms with van der Waals surface area (Å²) in [5, 5.41) is 12.9. The van der Waals surface area contributed by atoms with Crippen LogP contribution in [0.2, 0.25) is 0 Å². The lowest BCUT2D eigenvalue weighted by molar-refractivity contribution is -0.140. The van der Waals surface area contributed by atoms with E-state index in [0.717, 1.165) is 17.7 Å². The number of hydrogen-bond donors (Lipinski definition) is 1. The molecule has 2 aliphatic heterocycles. The number of aliphatic hydroxyl groups excluding tert-OH is 1. The predicted molar refractivity (Wildman–Crippen MR) is 110 cm³/mol. The van der Waals surface area contributed by atoms with Gasteiger partial charge in [-0.15, -0.1) is 11.3 Å². The number of ether oxygens (including phenoxy) is 2. The highest BCUT2D eigenvalue weighted by Crippen LogP contribution is 2.41. The molecule has 2 aromatic rings. The maximum atomic E-state index is 12.9. The molecule has 4 rings (SSSR count). The average Bonchev–Trinajstić information content (AvgIpc) is 3.47. The fourth-order valence-electron chi connectivity index (χ4n) is 3.85. The largest absolute Gasteiger partial charge is 0.507 e. The zero-order chi connectivity index (χ0) is 20.4. The van der Waals surface area contributed by atoms with Crippen molar-refractivity contribution in [1.29, 1.82) is 0 Å². The standard InChI is InChI=1S/C22H23NO5S/c1-2-27-15-9-7-14(8-10-15)20(24)18-19(17-6-4-12-29-17)23(22(26)21(18)25)13-16-5-3-11-28-16/h4,6-10,12,16,19,24H,2-3,5,11,13H2,1H3/t16-,19-/m0/s1. The van der Waals surface area contributed by atoms with Crippen molar-refractivity contribution in [2.24, 2.45) is 0 Å². The lowest BCUT2D eigenvalue weighted by Crippen LogP contribution is -2.36. The highest BCUT2D eigenvalue weighted by molar-refractivity contribution is 7.10. The number of Topliss-reactive ketones (excluding diaryl/α,β-unsaturated/α-hetero) is 1. The summed E-state index contributed by atoms with van der Waals surface area (Å²) >= 11 is 1.46. The molecule has 2 aliphatic rings. The molecule has 1 aromatic heterocycles. The van der Waals surface area contributed by atoms with Gasteiger partial charge in [0.1, 0.15) is 11.5 Å². The molecule has 3 heterocycles. The molecule has 2 saturated heterocycles. The van der Waals surface area contributed by atoms with Crippen molar-refractivity contribution in [2.75, 3.05) is 19.8 Å². The van der Waals surface area contributed by atoms with Crippen molar-refractivity contribution in [3.05, 3.63) is 57.8 Å². The van der Waals surface area contributed by atoms with Gasteiger partial charge in [0.15, 0.2) is 0 Å². The lowest BCUT2D eigenvalue weighted by atomic mass is 9.99. The normalized spacial score (nSPS) is 23.7. The van der Waals surface area contributed by atoms with Crippen molar-refractivity contribution in [2.45, 2.75) is 31.9 Å². The van der Waals surface area contributed by atoms with E-state index in [1.54, 1.807) is 29.2 Å². The summed E-state index contributed by atoms with van der Waals surface area (Å²) in [4.78, 5) is 28.1. The van der Waals surface area contributed by atoms with Gasteiger partial charge in [0, 0.05) is 23.6 Å². The van der Waals surface area contributed by atoms with E-state index in [1.807, 2.05) is 24.4 Å². The zero-order valence-corrected chi connectivity index (χ0v) is 17.0. The van der Waals surface area contributed by atoms with Crippen molar-refractivity contribution >= 4 is 28.8 Å². The first-order valence-electron chi connectivity index (χ1n) is 9.76. The van der Waals surface area contributed by atoms with Gasteiger partial charge in [-0.2, -0.15) is 0 Å². The second-order valence-electron chi connectivity index (χ2n) is 7.06. The van der Waals surface area contributed by atoms with Gasteiger partial charge in [0.2, 0.25) is 0 Å². The molecule has 0 spiro atoms. The Hall–Kier alpha value is -2.64. The monoisotopic (exact) mass is 413 g/mol. The second kappa shape index (κ2) is 8.39. The molecule has 2 atom stereocenters. The quantitative estimate of drug-likeness (QED) is 0.443. The Kier molecular flexibility index (Phi) is 5.69. The minimum Gasteiger partial charge on any atom is -0.507 e. The number of nitrogens with zero attached hydrogens (tertiary/aromatic N) is 1. The molecule has 1 amide bonds. The number of hydrogen-bond acceptors (Lipinski definition) is 6. The second-order valence-corrected chi connectivity index (χ2v) is 8.04. The molecule has 0 aliphatic carbocycles. The third-order valence-corrected chi connectivity index (χ3v) is 6.14. The van der Waals surface area contributed by atoms with E-state index in [2.05, 4.69) is 0 Å². The van der Waals surface area contributed by atoms with Crippen molar-refractivity contribution in [3.63, 3.8) is 0 Å². The van der Waals surface area contributed by atoms with Gasteiger partial charge in [-0.1, -0.05) is 6.07 Å². The fraction of sp³-hybridized carbons (Fsp3) is 0.364. The highest BCUT2D eigenvalue weighted by Gasteiger charge is 2.47. The molecule has 0 bridgehead atoms. The van der Waals surface area contributed by atoms with Gasteiger partial charge >= 0.3 is 0 Å². The van der Waals surface area contributed by atoms with Crippen LogP contribution in [0.15, 0.2) is 47.4 Å². The Balaban J connectivity index is 1.74. The number of amides is 1. The summed E-state index contributed by atoms with van der Waals surface area (Å²) in [6.07, 6.45) is 1.73. The smallest absolute Gasteiger partial charge is 0.295 e. The number of thiophene rings is 1. The molecule has 1 N–H and O–H groups in total. The first kappa shape index (κ1) is 19.7. The van der Waals surface area contributed by atoms with E-state index < -0.39 is 17.7 Å². The Labute approximate surface area is 173 Å². The van der Waals surface area contributed by atoms with Crippen LogP contribution in [0.1, 0.15) is 36.2 Å². The van der Waals surface area contributed by atoms with E-state index in [9.17, 15) is 14.7 Å². The number of likely N-dealkylation sites (tertiary alicyclic amines) is 1. The third-order valence-electron chi connectivity index (χ3n) is 5.22. The highest BCUT2D eigenvalue weighted by atomic mass is 32.1. The number of carbonyl (C=O) groups is 2. The summed E-state index contributed by atoms with van der Waals surface area (Å²) in [5.74, 6) is -0.739. The lowest BCUT2D eigenvalue weighted by Gasteiger charge is -2.26. The van der Waals surface area contributed by atoms with Crippen LogP contribution in [0.5, 0.6) is 5.75 Å². The van der Waals surface area contributed by atoms with Crippen LogP contribution in [-0.4, -0.2) is 47.6 Å². The van der Waals surface area contributed by atoms with Crippen molar-refractivity contribution in [1.82, 2.24) is 4.90 Å². The fourth-order valence-corrected chi connectivity index (χ4v) is 4.70. The summed E-state index contributed by atoms with van der Waals surface area (Å²) in [5.41, 5.74) is 0.602. The molecular weight excluding hydrogens is 390 g/mol. The van der Waals surface area contributed by atoms with E-state index in [4.69, 9.17) is 9.47 Å². The Morgan fingerprint density at radius 1 is 1.28 bits per heavy atom. The summed E-state index contributed by atoms with van der Waals surface area (Å²) < 4.78 is 11.1. The van der Waals surface area contributed by atoms with Gasteiger partial charge in [0.05, 0.1) is 24.3 Å². The Morgan fingerprint density at radius 3 is 2.69 bits per heavy atom. The van der Waals surface area contributed by atoms with Gasteiger partial charge in [-0.3, -0.25) is 9.59 Å². The first-order valence-corrected chi connectivity index (χ1v) is 10.6. The van der Waals surface area contributed by atoms with E-state index in [-0.39, 0.29) is 17.4 Å². The van der Waals surface area contributed by atoms with E-state index >= 15 is 0 Å². The van der Waals surface area contributed by atoms with Crippen LogP contribution < -0.4 is 4.74 Å². The molecule has 2 fully saturated rings. The number of ketones is 1. The SMILES string of the molecule is CCOc1ccc(C(O)=C2C(=O)C(=O)N(C[C@@H]3CCCO3)[C@H]2c2cccs2)cc1. The number of benzene rings is 1. The maximum absolute atomic E-state index is 12.9. The molecule has 6 nitrogen and oxygen atoms in total. The molecule has 152 valence electrons. The van der Waals surface area contributed by atoms with Gasteiger partial charge < -0.3 is 19.5 Å². The van der Waals surface area contributed by atoms with Crippen LogP contribution >= 0.6 is 11.3 Å². The molecule has 7 heteroatoms. The molecule has 1 aromatic carbocycles. The Bertz CT molecular complexity index is 913. The molecule has 0 saturated carbocycles. The Morgan fingerprint density at radius 2 is 2.07 bits per heavy atom. The number of aliphatic hydroxyl groups is 1. The first-order chi connectivity index (χ1) is 14.1. The zero-order valence-electron chi connectivity index (χ0n) is 16.2. The topological polar surface area (TPSA) is 76.1 Å². The summed E-state index contributed by atoms with van der Waals surface area (Å²) in [6.45, 7) is 3.44. The minimum atomic E-state index is -0.659. The number of rotatable bonds is 6. The molecular formula is C22H23NO5S. The molecule has 0 unspecified atom stereocenters. The number of carbonyl (C=O) groups excluding carboxylic acids is 2. The average molecular weight is 413 g/mol. The van der Waals surface area contributed by atoms with Gasteiger partial charge in [-0.05, 0) is 55.5 Å². The van der Waals surface area contributed by atoms with E-state index in [1.165, 1.54) is 11.3 Å². The van der Waals surface area contributed by atoms with Crippen LogP contribution in [-0.2, 0) is 14.3 Å². The van der Waals surface area contributed by atoms with Crippen LogP contribution in [0.3, 0.4) is 0 Å². The van der Waals surface area contributed by atoms with E-state index in [0.29, 0.717) is 31.1 Å². The van der Waals surface area contributed by atoms with Gasteiger partial charge in [-0.25, -0.2) is 0 Å². The van der Waals surface area contributed by atoms with Crippen LogP contribution in [0, 0.1) is 0 Å². The third kappa shape index (κ3) is 3.80. The van der Waals surface area contributed by atoms with Crippen molar-refractivity contribution < 1.29 is 24.2 Å². The summed E-state index contributed by atoms with van der Waals surface area (Å²) in [6, 6.07) is 10.0. The summed E-state index contributed by atoms with van der Waals surface area (Å²) in [7, 11) is 0. The van der Waals surface area contributed by atoms with Crippen LogP contribution in [0.25, 0.3) is 5.76 Å². The minimum absolute atomic E-state index is 0.0822. The van der Waals surface area contributed by atoms with Crippen molar-refractivity contribution in [3.8, 4) is 5.75 Å².